The molecule has 2 bridgehead atoms. The molecule has 5 heteroatoms. The Kier molecular flexibility index (Phi) is 4.63. The molecule has 3 rings (SSSR count). The molecule has 2 aliphatic heterocycles. The van der Waals surface area contributed by atoms with Crippen LogP contribution in [0, 0.1) is 17.8 Å². The van der Waals surface area contributed by atoms with Gasteiger partial charge >= 0.3 is 5.97 Å². The van der Waals surface area contributed by atoms with Gasteiger partial charge < -0.3 is 10.5 Å². The van der Waals surface area contributed by atoms with Gasteiger partial charge in [-0.15, -0.1) is 0 Å². The highest BCUT2D eigenvalue weighted by Gasteiger charge is 2.51. The van der Waals surface area contributed by atoms with Crippen LogP contribution >= 0.6 is 15.9 Å². The number of nitrogens with zero attached hydrogens (tertiary/aromatic N) is 1. The van der Waals surface area contributed by atoms with E-state index in [2.05, 4.69) is 27.9 Å². The molecule has 3 fully saturated rings. The van der Waals surface area contributed by atoms with Gasteiger partial charge in [0.05, 0.1) is 13.0 Å². The minimum absolute atomic E-state index is 0.00167. The van der Waals surface area contributed by atoms with Crippen molar-refractivity contribution in [1.82, 2.24) is 4.90 Å². The van der Waals surface area contributed by atoms with Gasteiger partial charge in [-0.3, -0.25) is 9.69 Å². The van der Waals surface area contributed by atoms with Crippen molar-refractivity contribution in [2.75, 3.05) is 14.2 Å². The number of hydrogen-bond donors (Lipinski definition) is 1. The second-order valence-electron chi connectivity index (χ2n) is 7.17. The van der Waals surface area contributed by atoms with E-state index in [0.717, 1.165) is 32.1 Å². The first-order chi connectivity index (χ1) is 10.0. The number of rotatable bonds is 2. The summed E-state index contributed by atoms with van der Waals surface area (Å²) in [6, 6.07) is 1.30. The molecule has 0 amide bonds. The van der Waals surface area contributed by atoms with Gasteiger partial charge in [-0.05, 0) is 57.4 Å². The lowest BCUT2D eigenvalue weighted by Crippen LogP contribution is -2.53. The third-order valence-corrected chi connectivity index (χ3v) is 7.31. The molecule has 2 saturated heterocycles. The number of carbonyl (C=O) groups excluding carboxylic acids is 1. The zero-order valence-electron chi connectivity index (χ0n) is 13.0. The predicted molar refractivity (Wildman–Crippen MR) is 86.2 cm³/mol. The Hall–Kier alpha value is -0.130. The molecule has 2 N–H and O–H groups in total. The van der Waals surface area contributed by atoms with Crippen LogP contribution in [0.1, 0.15) is 38.5 Å². The summed E-state index contributed by atoms with van der Waals surface area (Å²) in [5.74, 6) is 1.13. The normalized spacial score (nSPS) is 47.3. The van der Waals surface area contributed by atoms with E-state index in [4.69, 9.17) is 10.5 Å². The van der Waals surface area contributed by atoms with Crippen molar-refractivity contribution in [2.24, 2.45) is 23.5 Å². The molecule has 120 valence electrons. The number of methoxy groups -OCH3 is 1. The molecule has 6 unspecified atom stereocenters. The maximum Gasteiger partial charge on any atom is 0.310 e. The van der Waals surface area contributed by atoms with Gasteiger partial charge in [0.15, 0.2) is 0 Å². The first-order valence-electron chi connectivity index (χ1n) is 8.22. The maximum atomic E-state index is 12.4. The SMILES string of the molecule is COC(=O)C1C2CCC(C[C@@H]1C1CCC(N)C(Br)C1)N2C. The molecule has 0 aromatic carbocycles. The lowest BCUT2D eigenvalue weighted by molar-refractivity contribution is -0.154. The number of nitrogens with two attached hydrogens (primary N) is 1. The highest BCUT2D eigenvalue weighted by atomic mass is 79.9. The van der Waals surface area contributed by atoms with Gasteiger partial charge in [0.2, 0.25) is 0 Å². The minimum Gasteiger partial charge on any atom is -0.469 e. The Labute approximate surface area is 135 Å². The Balaban J connectivity index is 1.80. The molecule has 0 aromatic heterocycles. The third kappa shape index (κ3) is 2.77. The van der Waals surface area contributed by atoms with Crippen LogP contribution < -0.4 is 5.73 Å². The summed E-state index contributed by atoms with van der Waals surface area (Å²) in [6.45, 7) is 0. The summed E-state index contributed by atoms with van der Waals surface area (Å²) in [5, 5.41) is 0. The highest BCUT2D eigenvalue weighted by Crippen LogP contribution is 2.48. The van der Waals surface area contributed by atoms with Crippen LogP contribution in [-0.2, 0) is 9.53 Å². The molecule has 1 saturated carbocycles. The molecule has 2 heterocycles. The van der Waals surface area contributed by atoms with E-state index in [1.165, 1.54) is 13.5 Å². The Morgan fingerprint density at radius 3 is 2.67 bits per heavy atom. The smallest absolute Gasteiger partial charge is 0.310 e. The van der Waals surface area contributed by atoms with Gasteiger partial charge in [-0.25, -0.2) is 0 Å². The van der Waals surface area contributed by atoms with Gasteiger partial charge in [0, 0.05) is 23.0 Å². The van der Waals surface area contributed by atoms with Crippen LogP contribution in [0.5, 0.6) is 0 Å². The average molecular weight is 359 g/mol. The fourth-order valence-electron chi connectivity index (χ4n) is 5.02. The average Bonchev–Trinajstić information content (AvgIpc) is 2.72. The summed E-state index contributed by atoms with van der Waals surface area (Å²) in [4.78, 5) is 15.2. The van der Waals surface area contributed by atoms with Crippen molar-refractivity contribution in [3.8, 4) is 0 Å². The van der Waals surface area contributed by atoms with Crippen molar-refractivity contribution < 1.29 is 9.53 Å². The summed E-state index contributed by atoms with van der Waals surface area (Å²) < 4.78 is 5.16. The summed E-state index contributed by atoms with van der Waals surface area (Å²) in [5.41, 5.74) is 6.13. The van der Waals surface area contributed by atoms with E-state index in [1.54, 1.807) is 0 Å². The molecule has 0 radical (unpaired) electrons. The molecule has 1 aliphatic carbocycles. The maximum absolute atomic E-state index is 12.4. The number of halogens is 1. The predicted octanol–water partition coefficient (Wildman–Crippen LogP) is 2.15. The van der Waals surface area contributed by atoms with E-state index in [1.807, 2.05) is 0 Å². The third-order valence-electron chi connectivity index (χ3n) is 6.26. The van der Waals surface area contributed by atoms with Crippen LogP contribution in [0.4, 0.5) is 0 Å². The van der Waals surface area contributed by atoms with Crippen molar-refractivity contribution >= 4 is 21.9 Å². The van der Waals surface area contributed by atoms with Gasteiger partial charge in [0.25, 0.3) is 0 Å². The molecular formula is C16H27BrN2O2. The van der Waals surface area contributed by atoms with Crippen LogP contribution in [0.25, 0.3) is 0 Å². The number of alkyl halides is 1. The van der Waals surface area contributed by atoms with E-state index in [0.29, 0.717) is 28.7 Å². The van der Waals surface area contributed by atoms with Gasteiger partial charge in [-0.2, -0.15) is 0 Å². The topological polar surface area (TPSA) is 55.6 Å². The number of fused-ring (bicyclic) bond motifs is 2. The molecule has 0 aromatic rings. The van der Waals surface area contributed by atoms with Crippen LogP contribution in [-0.4, -0.2) is 48.0 Å². The standard InChI is InChI=1S/C16H27BrN2O2/c1-19-10-4-6-14(19)15(16(20)21-2)11(8-10)9-3-5-13(18)12(17)7-9/h9-15H,3-8,18H2,1-2H3/t9?,10?,11-,12?,13?,14?,15?/m1/s1. The zero-order valence-corrected chi connectivity index (χ0v) is 14.6. The van der Waals surface area contributed by atoms with Gasteiger partial charge in [0.1, 0.15) is 0 Å². The van der Waals surface area contributed by atoms with Crippen LogP contribution in [0.15, 0.2) is 0 Å². The summed E-state index contributed by atoms with van der Waals surface area (Å²) >= 11 is 3.74. The number of piperidine rings is 1. The van der Waals surface area contributed by atoms with Crippen molar-refractivity contribution in [3.63, 3.8) is 0 Å². The Morgan fingerprint density at radius 2 is 2.00 bits per heavy atom. The molecule has 7 atom stereocenters. The van der Waals surface area contributed by atoms with Crippen molar-refractivity contribution in [2.45, 2.75) is 61.5 Å². The Morgan fingerprint density at radius 1 is 1.24 bits per heavy atom. The molecule has 3 aliphatic rings. The first kappa shape index (κ1) is 15.8. The fourth-order valence-corrected chi connectivity index (χ4v) is 5.76. The fraction of sp³-hybridized carbons (Fsp3) is 0.938. The summed E-state index contributed by atoms with van der Waals surface area (Å²) in [6.07, 6.45) is 6.84. The van der Waals surface area contributed by atoms with Crippen molar-refractivity contribution in [3.05, 3.63) is 0 Å². The second-order valence-corrected chi connectivity index (χ2v) is 8.34. The van der Waals surface area contributed by atoms with Crippen molar-refractivity contribution in [1.29, 1.82) is 0 Å². The van der Waals surface area contributed by atoms with E-state index >= 15 is 0 Å². The van der Waals surface area contributed by atoms with Crippen LogP contribution in [0.3, 0.4) is 0 Å². The number of carbonyl (C=O) groups is 1. The zero-order chi connectivity index (χ0) is 15.1. The van der Waals surface area contributed by atoms with Crippen LogP contribution in [0.2, 0.25) is 0 Å². The molecule has 0 spiro atoms. The quantitative estimate of drug-likeness (QED) is 0.606. The first-order valence-corrected chi connectivity index (χ1v) is 9.14. The van der Waals surface area contributed by atoms with E-state index in [-0.39, 0.29) is 17.9 Å². The molecular weight excluding hydrogens is 332 g/mol. The highest BCUT2D eigenvalue weighted by molar-refractivity contribution is 9.09. The van der Waals surface area contributed by atoms with E-state index < -0.39 is 0 Å². The minimum atomic E-state index is -0.00167. The Bertz CT molecular complexity index is 406. The van der Waals surface area contributed by atoms with E-state index in [9.17, 15) is 4.79 Å². The number of hydrogen-bond acceptors (Lipinski definition) is 4. The lowest BCUT2D eigenvalue weighted by atomic mass is 9.68. The molecule has 4 nitrogen and oxygen atoms in total. The number of esters is 1. The lowest BCUT2D eigenvalue weighted by Gasteiger charge is -2.46. The molecule has 21 heavy (non-hydrogen) atoms. The largest absolute Gasteiger partial charge is 0.469 e. The number of ether oxygens (including phenoxy) is 1. The monoisotopic (exact) mass is 358 g/mol. The summed E-state index contributed by atoms with van der Waals surface area (Å²) in [7, 11) is 3.71. The van der Waals surface area contributed by atoms with Gasteiger partial charge in [-0.1, -0.05) is 15.9 Å². The second kappa shape index (κ2) is 6.17.